The SMILES string of the molecule is CCCCN(C(=O)c1ccc(N)cc1N)C1CC1. The number of rotatable bonds is 5. The molecule has 4 nitrogen and oxygen atoms in total. The molecule has 1 saturated carbocycles. The fraction of sp³-hybridized carbons (Fsp3) is 0.500. The summed E-state index contributed by atoms with van der Waals surface area (Å²) < 4.78 is 0. The first-order chi connectivity index (χ1) is 8.63. The van der Waals surface area contributed by atoms with E-state index < -0.39 is 0 Å². The van der Waals surface area contributed by atoms with E-state index in [1.807, 2.05) is 4.90 Å². The highest BCUT2D eigenvalue weighted by Gasteiger charge is 2.33. The summed E-state index contributed by atoms with van der Waals surface area (Å²) in [4.78, 5) is 14.4. The summed E-state index contributed by atoms with van der Waals surface area (Å²) in [5, 5.41) is 0. The van der Waals surface area contributed by atoms with Gasteiger partial charge in [-0.05, 0) is 37.5 Å². The number of amides is 1. The van der Waals surface area contributed by atoms with Crippen LogP contribution in [0.4, 0.5) is 11.4 Å². The largest absolute Gasteiger partial charge is 0.399 e. The van der Waals surface area contributed by atoms with Gasteiger partial charge >= 0.3 is 0 Å². The second-order valence-corrected chi connectivity index (χ2v) is 4.93. The molecular weight excluding hydrogens is 226 g/mol. The molecule has 0 atom stereocenters. The molecule has 1 amide bonds. The van der Waals surface area contributed by atoms with Crippen LogP contribution in [-0.2, 0) is 0 Å². The molecular formula is C14H21N3O. The van der Waals surface area contributed by atoms with Crippen LogP contribution in [0.2, 0.25) is 0 Å². The summed E-state index contributed by atoms with van der Waals surface area (Å²) in [6.45, 7) is 2.96. The van der Waals surface area contributed by atoms with Crippen LogP contribution in [-0.4, -0.2) is 23.4 Å². The molecule has 1 aromatic carbocycles. The summed E-state index contributed by atoms with van der Waals surface area (Å²) in [6.07, 6.45) is 4.36. The second kappa shape index (κ2) is 5.29. The quantitative estimate of drug-likeness (QED) is 0.784. The van der Waals surface area contributed by atoms with Gasteiger partial charge in [-0.15, -0.1) is 0 Å². The third kappa shape index (κ3) is 2.75. The van der Waals surface area contributed by atoms with Crippen molar-refractivity contribution in [3.8, 4) is 0 Å². The number of anilines is 2. The van der Waals surface area contributed by atoms with Crippen molar-refractivity contribution in [1.82, 2.24) is 4.90 Å². The molecule has 0 bridgehead atoms. The summed E-state index contributed by atoms with van der Waals surface area (Å²) in [5.74, 6) is 0.0449. The van der Waals surface area contributed by atoms with Crippen molar-refractivity contribution < 1.29 is 4.79 Å². The molecule has 0 aliphatic heterocycles. The molecule has 0 unspecified atom stereocenters. The number of hydrogen-bond acceptors (Lipinski definition) is 3. The monoisotopic (exact) mass is 247 g/mol. The highest BCUT2D eigenvalue weighted by Crippen LogP contribution is 2.30. The Bertz CT molecular complexity index is 441. The fourth-order valence-corrected chi connectivity index (χ4v) is 2.10. The number of nitrogens with zero attached hydrogens (tertiary/aromatic N) is 1. The van der Waals surface area contributed by atoms with Gasteiger partial charge in [0.15, 0.2) is 0 Å². The number of unbranched alkanes of at least 4 members (excludes halogenated alkanes) is 1. The maximum Gasteiger partial charge on any atom is 0.256 e. The number of nitrogen functional groups attached to an aromatic ring is 2. The highest BCUT2D eigenvalue weighted by atomic mass is 16.2. The molecule has 1 aliphatic carbocycles. The van der Waals surface area contributed by atoms with Crippen molar-refractivity contribution in [2.75, 3.05) is 18.0 Å². The van der Waals surface area contributed by atoms with E-state index in [1.54, 1.807) is 18.2 Å². The van der Waals surface area contributed by atoms with Crippen molar-refractivity contribution >= 4 is 17.3 Å². The van der Waals surface area contributed by atoms with Crippen LogP contribution in [0.15, 0.2) is 18.2 Å². The zero-order chi connectivity index (χ0) is 13.1. The van der Waals surface area contributed by atoms with E-state index in [9.17, 15) is 4.79 Å². The molecule has 4 heteroatoms. The van der Waals surface area contributed by atoms with Crippen LogP contribution in [0.1, 0.15) is 43.0 Å². The normalized spacial score (nSPS) is 14.5. The first kappa shape index (κ1) is 12.7. The van der Waals surface area contributed by atoms with Crippen molar-refractivity contribution in [1.29, 1.82) is 0 Å². The minimum Gasteiger partial charge on any atom is -0.399 e. The minimum absolute atomic E-state index is 0.0449. The van der Waals surface area contributed by atoms with Gasteiger partial charge in [-0.3, -0.25) is 4.79 Å². The van der Waals surface area contributed by atoms with Crippen LogP contribution < -0.4 is 11.5 Å². The van der Waals surface area contributed by atoms with E-state index in [1.165, 1.54) is 0 Å². The average Bonchev–Trinajstić information content (AvgIpc) is 3.13. The van der Waals surface area contributed by atoms with Crippen LogP contribution in [0.5, 0.6) is 0 Å². The molecule has 1 aliphatic rings. The molecule has 0 heterocycles. The van der Waals surface area contributed by atoms with Gasteiger partial charge in [-0.2, -0.15) is 0 Å². The third-order valence-electron chi connectivity index (χ3n) is 3.31. The molecule has 0 radical (unpaired) electrons. The van der Waals surface area contributed by atoms with Crippen LogP contribution in [0.25, 0.3) is 0 Å². The van der Waals surface area contributed by atoms with Gasteiger partial charge < -0.3 is 16.4 Å². The van der Waals surface area contributed by atoms with Gasteiger partial charge in [0.05, 0.1) is 5.56 Å². The summed E-state index contributed by atoms with van der Waals surface area (Å²) in [6, 6.07) is 5.53. The lowest BCUT2D eigenvalue weighted by molar-refractivity contribution is 0.0742. The zero-order valence-corrected chi connectivity index (χ0v) is 10.9. The number of carbonyl (C=O) groups is 1. The molecule has 18 heavy (non-hydrogen) atoms. The van der Waals surface area contributed by atoms with E-state index in [0.29, 0.717) is 23.0 Å². The van der Waals surface area contributed by atoms with Gasteiger partial charge in [0.2, 0.25) is 0 Å². The lowest BCUT2D eigenvalue weighted by Gasteiger charge is -2.23. The first-order valence-corrected chi connectivity index (χ1v) is 6.59. The van der Waals surface area contributed by atoms with Crippen LogP contribution in [0.3, 0.4) is 0 Å². The maximum atomic E-state index is 12.5. The average molecular weight is 247 g/mol. The maximum absolute atomic E-state index is 12.5. The molecule has 1 aromatic rings. The second-order valence-electron chi connectivity index (χ2n) is 4.93. The molecule has 98 valence electrons. The number of nitrogens with two attached hydrogens (primary N) is 2. The summed E-state index contributed by atoms with van der Waals surface area (Å²) >= 11 is 0. The molecule has 1 fully saturated rings. The first-order valence-electron chi connectivity index (χ1n) is 6.59. The van der Waals surface area contributed by atoms with E-state index in [-0.39, 0.29) is 5.91 Å². The van der Waals surface area contributed by atoms with Crippen molar-refractivity contribution in [3.05, 3.63) is 23.8 Å². The van der Waals surface area contributed by atoms with Crippen LogP contribution >= 0.6 is 0 Å². The van der Waals surface area contributed by atoms with Crippen molar-refractivity contribution in [2.45, 2.75) is 38.6 Å². The van der Waals surface area contributed by atoms with Crippen molar-refractivity contribution in [2.24, 2.45) is 0 Å². The van der Waals surface area contributed by atoms with Gasteiger partial charge in [-0.1, -0.05) is 13.3 Å². The summed E-state index contributed by atoms with van der Waals surface area (Å²) in [7, 11) is 0. The molecule has 4 N–H and O–H groups in total. The lowest BCUT2D eigenvalue weighted by Crippen LogP contribution is -2.34. The van der Waals surface area contributed by atoms with E-state index in [4.69, 9.17) is 11.5 Å². The molecule has 2 rings (SSSR count). The summed E-state index contributed by atoms with van der Waals surface area (Å²) in [5.41, 5.74) is 13.2. The molecule has 0 spiro atoms. The van der Waals surface area contributed by atoms with E-state index in [0.717, 1.165) is 32.2 Å². The van der Waals surface area contributed by atoms with Crippen LogP contribution in [0, 0.1) is 0 Å². The Kier molecular flexibility index (Phi) is 3.75. The van der Waals surface area contributed by atoms with Gasteiger partial charge in [-0.25, -0.2) is 0 Å². The van der Waals surface area contributed by atoms with E-state index in [2.05, 4.69) is 6.92 Å². The Hall–Kier alpha value is -1.71. The predicted octanol–water partition coefficient (Wildman–Crippen LogP) is 2.26. The standard InChI is InChI=1S/C14H21N3O/c1-2-3-8-17(11-5-6-11)14(18)12-7-4-10(15)9-13(12)16/h4,7,9,11H,2-3,5-6,8,15-16H2,1H3. The number of benzene rings is 1. The smallest absolute Gasteiger partial charge is 0.256 e. The predicted molar refractivity (Wildman–Crippen MR) is 74.2 cm³/mol. The molecule has 0 saturated heterocycles. The lowest BCUT2D eigenvalue weighted by atomic mass is 10.1. The minimum atomic E-state index is 0.0449. The van der Waals surface area contributed by atoms with E-state index >= 15 is 0 Å². The highest BCUT2D eigenvalue weighted by molar-refractivity contribution is 6.00. The third-order valence-corrected chi connectivity index (χ3v) is 3.31. The Morgan fingerprint density at radius 2 is 2.11 bits per heavy atom. The topological polar surface area (TPSA) is 72.3 Å². The van der Waals surface area contributed by atoms with Gasteiger partial charge in [0.25, 0.3) is 5.91 Å². The van der Waals surface area contributed by atoms with Gasteiger partial charge in [0, 0.05) is 24.0 Å². The number of carbonyl (C=O) groups excluding carboxylic acids is 1. The Morgan fingerprint density at radius 1 is 1.39 bits per heavy atom. The Morgan fingerprint density at radius 3 is 2.67 bits per heavy atom. The Balaban J connectivity index is 2.16. The molecule has 0 aromatic heterocycles. The zero-order valence-electron chi connectivity index (χ0n) is 10.9. The van der Waals surface area contributed by atoms with Gasteiger partial charge in [0.1, 0.15) is 0 Å². The van der Waals surface area contributed by atoms with Crippen molar-refractivity contribution in [3.63, 3.8) is 0 Å². The Labute approximate surface area is 108 Å². The number of hydrogen-bond donors (Lipinski definition) is 2. The fourth-order valence-electron chi connectivity index (χ4n) is 2.10.